The Bertz CT molecular complexity index is 313. The van der Waals surface area contributed by atoms with Crippen LogP contribution in [-0.4, -0.2) is 31.1 Å². The van der Waals surface area contributed by atoms with E-state index in [1.807, 2.05) is 6.07 Å². The molecule has 0 aliphatic carbocycles. The minimum absolute atomic E-state index is 0. The fourth-order valence-corrected chi connectivity index (χ4v) is 1.95. The van der Waals surface area contributed by atoms with Crippen molar-refractivity contribution in [3.8, 4) is 5.75 Å². The number of hydrogen-bond donors (Lipinski definition) is 0. The van der Waals surface area contributed by atoms with Gasteiger partial charge in [-0.15, -0.1) is 0 Å². The SMILES string of the molecule is CCCc1ccccc1OCCN(CC)CC.[Cl-]. The molecule has 0 amide bonds. The van der Waals surface area contributed by atoms with Gasteiger partial charge < -0.3 is 22.0 Å². The van der Waals surface area contributed by atoms with Crippen LogP contribution in [0.1, 0.15) is 32.8 Å². The monoisotopic (exact) mass is 270 g/mol. The van der Waals surface area contributed by atoms with Gasteiger partial charge >= 0.3 is 0 Å². The molecule has 3 heteroatoms. The van der Waals surface area contributed by atoms with E-state index in [4.69, 9.17) is 4.74 Å². The molecule has 0 spiro atoms. The highest BCUT2D eigenvalue weighted by atomic mass is 35.5. The van der Waals surface area contributed by atoms with Crippen molar-refractivity contribution in [3.63, 3.8) is 0 Å². The standard InChI is InChI=1S/C15H25NO.ClH/c1-4-9-14-10-7-8-11-15(14)17-13-12-16(5-2)6-3;/h7-8,10-11H,4-6,9,12-13H2,1-3H3;1H/p-1. The Labute approximate surface area is 118 Å². The highest BCUT2D eigenvalue weighted by Gasteiger charge is 2.03. The summed E-state index contributed by atoms with van der Waals surface area (Å²) < 4.78 is 5.88. The van der Waals surface area contributed by atoms with E-state index in [2.05, 4.69) is 43.9 Å². The molecule has 1 rings (SSSR count). The van der Waals surface area contributed by atoms with Gasteiger partial charge in [0.15, 0.2) is 0 Å². The third-order valence-electron chi connectivity index (χ3n) is 3.05. The second-order valence-corrected chi connectivity index (χ2v) is 4.23. The van der Waals surface area contributed by atoms with Gasteiger partial charge in [0.2, 0.25) is 0 Å². The summed E-state index contributed by atoms with van der Waals surface area (Å²) >= 11 is 0. The molecule has 0 aliphatic heterocycles. The first-order chi connectivity index (χ1) is 8.31. The quantitative estimate of drug-likeness (QED) is 0.677. The van der Waals surface area contributed by atoms with Crippen LogP contribution in [0, 0.1) is 0 Å². The van der Waals surface area contributed by atoms with Crippen molar-refractivity contribution in [1.82, 2.24) is 4.90 Å². The molecular weight excluding hydrogens is 246 g/mol. The molecule has 0 saturated heterocycles. The lowest BCUT2D eigenvalue weighted by Crippen LogP contribution is -3.00. The smallest absolute Gasteiger partial charge is 0.122 e. The first kappa shape index (κ1) is 17.3. The van der Waals surface area contributed by atoms with E-state index < -0.39 is 0 Å². The van der Waals surface area contributed by atoms with Gasteiger partial charge in [-0.3, -0.25) is 0 Å². The molecule has 1 aromatic carbocycles. The number of rotatable bonds is 8. The van der Waals surface area contributed by atoms with Crippen molar-refractivity contribution in [2.45, 2.75) is 33.6 Å². The molecule has 0 bridgehead atoms. The molecule has 1 aromatic rings. The summed E-state index contributed by atoms with van der Waals surface area (Å²) in [5, 5.41) is 0. The van der Waals surface area contributed by atoms with E-state index in [1.54, 1.807) is 0 Å². The zero-order valence-electron chi connectivity index (χ0n) is 11.8. The number of hydrogen-bond acceptors (Lipinski definition) is 2. The van der Waals surface area contributed by atoms with E-state index in [0.29, 0.717) is 0 Å². The Kier molecular flexibility index (Phi) is 9.80. The summed E-state index contributed by atoms with van der Waals surface area (Å²) in [5.41, 5.74) is 1.33. The first-order valence-corrected chi connectivity index (χ1v) is 6.74. The number of likely N-dealkylation sites (N-methyl/N-ethyl adjacent to an activating group) is 1. The summed E-state index contributed by atoms with van der Waals surface area (Å²) in [6, 6.07) is 8.37. The molecule has 2 nitrogen and oxygen atoms in total. The third kappa shape index (κ3) is 5.74. The van der Waals surface area contributed by atoms with Crippen LogP contribution in [0.4, 0.5) is 0 Å². The van der Waals surface area contributed by atoms with Crippen LogP contribution in [-0.2, 0) is 6.42 Å². The van der Waals surface area contributed by atoms with E-state index in [1.165, 1.54) is 5.56 Å². The van der Waals surface area contributed by atoms with Gasteiger partial charge in [0.1, 0.15) is 12.4 Å². The van der Waals surface area contributed by atoms with Gasteiger partial charge in [-0.1, -0.05) is 45.4 Å². The molecule has 104 valence electrons. The molecule has 0 atom stereocenters. The molecule has 0 saturated carbocycles. The fourth-order valence-electron chi connectivity index (χ4n) is 1.95. The van der Waals surface area contributed by atoms with Gasteiger partial charge in [0.05, 0.1) is 0 Å². The van der Waals surface area contributed by atoms with Crippen LogP contribution in [0.15, 0.2) is 24.3 Å². The molecule has 0 aromatic heterocycles. The fraction of sp³-hybridized carbons (Fsp3) is 0.600. The van der Waals surface area contributed by atoms with Crippen molar-refractivity contribution < 1.29 is 17.1 Å². The van der Waals surface area contributed by atoms with Gasteiger partial charge in [-0.25, -0.2) is 0 Å². The minimum Gasteiger partial charge on any atom is -1.00 e. The van der Waals surface area contributed by atoms with Crippen LogP contribution >= 0.6 is 0 Å². The van der Waals surface area contributed by atoms with Crippen molar-refractivity contribution in [2.75, 3.05) is 26.2 Å². The van der Waals surface area contributed by atoms with Gasteiger partial charge in [-0.2, -0.15) is 0 Å². The Hall–Kier alpha value is -0.730. The second kappa shape index (κ2) is 10.2. The normalized spacial score (nSPS) is 10.2. The number of para-hydroxylation sites is 1. The maximum atomic E-state index is 5.88. The van der Waals surface area contributed by atoms with Gasteiger partial charge in [0.25, 0.3) is 0 Å². The molecule has 0 unspecified atom stereocenters. The Morgan fingerprint density at radius 2 is 1.72 bits per heavy atom. The number of aryl methyl sites for hydroxylation is 1. The zero-order valence-corrected chi connectivity index (χ0v) is 12.5. The predicted molar refractivity (Wildman–Crippen MR) is 73.7 cm³/mol. The number of nitrogens with zero attached hydrogens (tertiary/aromatic N) is 1. The highest BCUT2D eigenvalue weighted by molar-refractivity contribution is 5.33. The highest BCUT2D eigenvalue weighted by Crippen LogP contribution is 2.19. The number of benzene rings is 1. The third-order valence-corrected chi connectivity index (χ3v) is 3.05. The Balaban J connectivity index is 0.00000289. The van der Waals surface area contributed by atoms with Crippen LogP contribution in [0.2, 0.25) is 0 Å². The lowest BCUT2D eigenvalue weighted by atomic mass is 10.1. The summed E-state index contributed by atoms with van der Waals surface area (Å²) in [4.78, 5) is 2.38. The summed E-state index contributed by atoms with van der Waals surface area (Å²) in [6.45, 7) is 10.6. The van der Waals surface area contributed by atoms with E-state index >= 15 is 0 Å². The van der Waals surface area contributed by atoms with Gasteiger partial charge in [0, 0.05) is 6.54 Å². The molecule has 0 aliphatic rings. The molecule has 0 radical (unpaired) electrons. The van der Waals surface area contributed by atoms with Crippen LogP contribution < -0.4 is 17.1 Å². The molecular formula is C15H25ClNO-. The van der Waals surface area contributed by atoms with Gasteiger partial charge in [-0.05, 0) is 31.1 Å². The van der Waals surface area contributed by atoms with E-state index in [9.17, 15) is 0 Å². The van der Waals surface area contributed by atoms with Crippen molar-refractivity contribution >= 4 is 0 Å². The lowest BCUT2D eigenvalue weighted by molar-refractivity contribution is -0.00000415. The largest absolute Gasteiger partial charge is 1.00 e. The lowest BCUT2D eigenvalue weighted by Gasteiger charge is -2.18. The first-order valence-electron chi connectivity index (χ1n) is 6.74. The van der Waals surface area contributed by atoms with Crippen LogP contribution in [0.3, 0.4) is 0 Å². The minimum atomic E-state index is 0. The molecule has 18 heavy (non-hydrogen) atoms. The van der Waals surface area contributed by atoms with Crippen LogP contribution in [0.25, 0.3) is 0 Å². The van der Waals surface area contributed by atoms with E-state index in [0.717, 1.165) is 44.8 Å². The Morgan fingerprint density at radius 1 is 1.06 bits per heavy atom. The number of ether oxygens (including phenoxy) is 1. The van der Waals surface area contributed by atoms with E-state index in [-0.39, 0.29) is 12.4 Å². The maximum Gasteiger partial charge on any atom is 0.122 e. The summed E-state index contributed by atoms with van der Waals surface area (Å²) in [6.07, 6.45) is 2.26. The molecule has 0 N–H and O–H groups in total. The Morgan fingerprint density at radius 3 is 2.33 bits per heavy atom. The van der Waals surface area contributed by atoms with Crippen molar-refractivity contribution in [2.24, 2.45) is 0 Å². The predicted octanol–water partition coefficient (Wildman–Crippen LogP) is 0.364. The molecule has 0 heterocycles. The zero-order chi connectivity index (χ0) is 12.5. The number of halogens is 1. The van der Waals surface area contributed by atoms with Crippen molar-refractivity contribution in [3.05, 3.63) is 29.8 Å². The topological polar surface area (TPSA) is 12.5 Å². The summed E-state index contributed by atoms with van der Waals surface area (Å²) in [7, 11) is 0. The average Bonchev–Trinajstić information content (AvgIpc) is 2.37. The summed E-state index contributed by atoms with van der Waals surface area (Å²) in [5.74, 6) is 1.06. The maximum absolute atomic E-state index is 5.88. The molecule has 0 fully saturated rings. The van der Waals surface area contributed by atoms with Crippen LogP contribution in [0.5, 0.6) is 5.75 Å². The second-order valence-electron chi connectivity index (χ2n) is 4.23. The average molecular weight is 271 g/mol. The van der Waals surface area contributed by atoms with Crippen molar-refractivity contribution in [1.29, 1.82) is 0 Å².